The molecule has 0 aromatic heterocycles. The van der Waals surface area contributed by atoms with Gasteiger partial charge in [0, 0.05) is 13.2 Å². The van der Waals surface area contributed by atoms with Crippen LogP contribution in [-0.4, -0.2) is 31.2 Å². The van der Waals surface area contributed by atoms with Gasteiger partial charge in [-0.1, -0.05) is 0 Å². The van der Waals surface area contributed by atoms with Crippen LogP contribution < -0.4 is 0 Å². The van der Waals surface area contributed by atoms with Gasteiger partial charge in [0.05, 0.1) is 0 Å². The van der Waals surface area contributed by atoms with Crippen molar-refractivity contribution in [3.05, 3.63) is 0 Å². The Morgan fingerprint density at radius 2 is 1.82 bits per heavy atom. The van der Waals surface area contributed by atoms with Crippen molar-refractivity contribution in [1.82, 2.24) is 0 Å². The Morgan fingerprint density at radius 1 is 1.36 bits per heavy atom. The van der Waals surface area contributed by atoms with Crippen LogP contribution in [0.15, 0.2) is 0 Å². The topological polar surface area (TPSA) is 35.5 Å². The maximum absolute atomic E-state index is 10.2. The highest BCUT2D eigenvalue weighted by Gasteiger charge is 2.18. The zero-order valence-electron chi connectivity index (χ0n) is 6.75. The number of ether oxygens (including phenoxy) is 2. The molecule has 11 heavy (non-hydrogen) atoms. The molecule has 1 unspecified atom stereocenters. The van der Waals surface area contributed by atoms with Crippen molar-refractivity contribution in [2.75, 3.05) is 13.2 Å². The molecule has 0 aliphatic heterocycles. The van der Waals surface area contributed by atoms with E-state index in [-0.39, 0.29) is 0 Å². The predicted octanol–water partition coefficient (Wildman–Crippen LogP) is 1.19. The molecule has 0 amide bonds. The lowest BCUT2D eigenvalue weighted by Gasteiger charge is -2.17. The Hall–Kier alpha value is -0.120. The summed E-state index contributed by atoms with van der Waals surface area (Å²) >= 11 is 5.57. The molecule has 3 nitrogen and oxygen atoms in total. The summed E-state index contributed by atoms with van der Waals surface area (Å²) in [5, 5.41) is -0.713. The number of aldehydes is 1. The van der Waals surface area contributed by atoms with Crippen LogP contribution in [0.5, 0.6) is 0 Å². The fourth-order valence-corrected chi connectivity index (χ4v) is 0.770. The Bertz CT molecular complexity index is 102. The first-order valence-corrected chi connectivity index (χ1v) is 4.02. The average molecular weight is 181 g/mol. The Kier molecular flexibility index (Phi) is 6.51. The second-order valence-electron chi connectivity index (χ2n) is 1.86. The quantitative estimate of drug-likeness (QED) is 0.350. The zero-order chi connectivity index (χ0) is 8.69. The number of carbonyl (C=O) groups is 1. The summed E-state index contributed by atoms with van der Waals surface area (Å²) in [6.07, 6.45) is 0.00142. The number of carbonyl (C=O) groups excluding carboxylic acids is 1. The third kappa shape index (κ3) is 4.35. The minimum Gasteiger partial charge on any atom is -0.351 e. The highest BCUT2D eigenvalue weighted by Crippen LogP contribution is 2.06. The third-order valence-corrected chi connectivity index (χ3v) is 1.36. The first kappa shape index (κ1) is 10.9. The summed E-state index contributed by atoms with van der Waals surface area (Å²) in [4.78, 5) is 10.2. The van der Waals surface area contributed by atoms with Crippen molar-refractivity contribution in [3.63, 3.8) is 0 Å². The van der Waals surface area contributed by atoms with Gasteiger partial charge in [-0.25, -0.2) is 0 Å². The van der Waals surface area contributed by atoms with E-state index in [1.165, 1.54) is 0 Å². The fraction of sp³-hybridized carbons (Fsp3) is 0.857. The van der Waals surface area contributed by atoms with Crippen molar-refractivity contribution < 1.29 is 14.3 Å². The van der Waals surface area contributed by atoms with Gasteiger partial charge in [0.15, 0.2) is 6.29 Å². The lowest BCUT2D eigenvalue weighted by atomic mass is 10.4. The van der Waals surface area contributed by atoms with Crippen LogP contribution in [0, 0.1) is 0 Å². The van der Waals surface area contributed by atoms with Crippen LogP contribution >= 0.6 is 11.6 Å². The minimum absolute atomic E-state index is 0.488. The van der Waals surface area contributed by atoms with Gasteiger partial charge in [0.1, 0.15) is 11.7 Å². The lowest BCUT2D eigenvalue weighted by Crippen LogP contribution is -2.29. The number of hydrogen-bond donors (Lipinski definition) is 0. The van der Waals surface area contributed by atoms with E-state index in [0.29, 0.717) is 19.5 Å². The van der Waals surface area contributed by atoms with Gasteiger partial charge < -0.3 is 14.3 Å². The molecule has 66 valence electrons. The van der Waals surface area contributed by atoms with Gasteiger partial charge in [-0.2, -0.15) is 0 Å². The van der Waals surface area contributed by atoms with E-state index < -0.39 is 11.7 Å². The van der Waals surface area contributed by atoms with Crippen LogP contribution in [0.3, 0.4) is 0 Å². The maximum Gasteiger partial charge on any atom is 0.180 e. The van der Waals surface area contributed by atoms with Crippen LogP contribution in [0.2, 0.25) is 0 Å². The van der Waals surface area contributed by atoms with E-state index in [1.54, 1.807) is 0 Å². The normalized spacial score (nSPS) is 13.5. The molecule has 0 aromatic carbocycles. The van der Waals surface area contributed by atoms with Crippen molar-refractivity contribution >= 4 is 17.9 Å². The molecule has 0 saturated heterocycles. The summed E-state index contributed by atoms with van der Waals surface area (Å²) in [5.74, 6) is 0. The second kappa shape index (κ2) is 6.58. The predicted molar refractivity (Wildman–Crippen MR) is 42.7 cm³/mol. The van der Waals surface area contributed by atoms with Crippen LogP contribution in [0.4, 0.5) is 0 Å². The Morgan fingerprint density at radius 3 is 2.09 bits per heavy atom. The van der Waals surface area contributed by atoms with Gasteiger partial charge >= 0.3 is 0 Å². The SMILES string of the molecule is CCOC(OCC)C(Cl)C=O. The summed E-state index contributed by atoms with van der Waals surface area (Å²) in [6, 6.07) is 0. The monoisotopic (exact) mass is 180 g/mol. The van der Waals surface area contributed by atoms with E-state index in [9.17, 15) is 4.79 Å². The summed E-state index contributed by atoms with van der Waals surface area (Å²) < 4.78 is 10.1. The first-order chi connectivity index (χ1) is 5.26. The third-order valence-electron chi connectivity index (χ3n) is 1.05. The van der Waals surface area contributed by atoms with Gasteiger partial charge in [-0.15, -0.1) is 11.6 Å². The molecule has 0 saturated carbocycles. The highest BCUT2D eigenvalue weighted by molar-refractivity contribution is 6.27. The summed E-state index contributed by atoms with van der Waals surface area (Å²) in [7, 11) is 0. The van der Waals surface area contributed by atoms with Crippen LogP contribution in [0.25, 0.3) is 0 Å². The molecule has 0 aliphatic rings. The summed E-state index contributed by atoms with van der Waals surface area (Å²) in [5.41, 5.74) is 0. The molecule has 0 aromatic rings. The Labute approximate surface area is 71.6 Å². The number of rotatable bonds is 6. The molecule has 0 aliphatic carbocycles. The smallest absolute Gasteiger partial charge is 0.180 e. The van der Waals surface area contributed by atoms with E-state index in [0.717, 1.165) is 0 Å². The maximum atomic E-state index is 10.2. The van der Waals surface area contributed by atoms with Crippen LogP contribution in [0.1, 0.15) is 13.8 Å². The van der Waals surface area contributed by atoms with Crippen molar-refractivity contribution in [1.29, 1.82) is 0 Å². The molecule has 0 rings (SSSR count). The lowest BCUT2D eigenvalue weighted by molar-refractivity contribution is -0.143. The average Bonchev–Trinajstić information content (AvgIpc) is 2.03. The summed E-state index contributed by atoms with van der Waals surface area (Å²) in [6.45, 7) is 4.62. The minimum atomic E-state index is -0.713. The molecule has 0 radical (unpaired) electrons. The molecule has 0 heterocycles. The van der Waals surface area contributed by atoms with Gasteiger partial charge in [0.25, 0.3) is 0 Å². The van der Waals surface area contributed by atoms with E-state index in [1.807, 2.05) is 13.8 Å². The largest absolute Gasteiger partial charge is 0.351 e. The molecule has 0 fully saturated rings. The van der Waals surface area contributed by atoms with E-state index >= 15 is 0 Å². The van der Waals surface area contributed by atoms with Crippen molar-refractivity contribution in [3.8, 4) is 0 Å². The molecule has 0 N–H and O–H groups in total. The van der Waals surface area contributed by atoms with E-state index in [2.05, 4.69) is 0 Å². The Balaban J connectivity index is 3.75. The molecule has 1 atom stereocenters. The molecular weight excluding hydrogens is 168 g/mol. The highest BCUT2D eigenvalue weighted by atomic mass is 35.5. The molecular formula is C7H13ClO3. The van der Waals surface area contributed by atoms with E-state index in [4.69, 9.17) is 21.1 Å². The van der Waals surface area contributed by atoms with Gasteiger partial charge in [0.2, 0.25) is 0 Å². The van der Waals surface area contributed by atoms with Gasteiger partial charge in [-0.05, 0) is 13.8 Å². The number of hydrogen-bond acceptors (Lipinski definition) is 3. The molecule has 0 bridgehead atoms. The second-order valence-corrected chi connectivity index (χ2v) is 2.36. The number of alkyl halides is 1. The molecule has 0 spiro atoms. The fourth-order valence-electron chi connectivity index (χ4n) is 0.625. The first-order valence-electron chi connectivity index (χ1n) is 3.58. The van der Waals surface area contributed by atoms with Crippen molar-refractivity contribution in [2.24, 2.45) is 0 Å². The number of halogens is 1. The standard InChI is InChI=1S/C7H13ClO3/c1-3-10-7(11-4-2)6(8)5-9/h5-7H,3-4H2,1-2H3. The molecule has 4 heteroatoms. The van der Waals surface area contributed by atoms with Crippen LogP contribution in [-0.2, 0) is 14.3 Å². The van der Waals surface area contributed by atoms with Gasteiger partial charge in [-0.3, -0.25) is 0 Å². The zero-order valence-corrected chi connectivity index (χ0v) is 7.50. The van der Waals surface area contributed by atoms with Crippen molar-refractivity contribution in [2.45, 2.75) is 25.5 Å².